The van der Waals surface area contributed by atoms with E-state index in [2.05, 4.69) is 41.5 Å². The van der Waals surface area contributed by atoms with Crippen LogP contribution in [-0.4, -0.2) is 71.0 Å². The zero-order chi connectivity index (χ0) is 37.8. The molecule has 12 nitrogen and oxygen atoms in total. The van der Waals surface area contributed by atoms with E-state index < -0.39 is 69.2 Å². The standard InChI is InChI=1S/C38H58O12/c1-24(2)18-12-8-7-9-15-21-48-36(45)30-28(34(41)42)27(33(39)40)29(35(43)44)31(37(46)49-22-16-10-13-19-25(3)4)32(30)38(47)50-23-17-11-14-20-26(5)6/h24-26H,7-23H2,1-6H3,(H,39,40)(H,41,42)(H,43,44). The van der Waals surface area contributed by atoms with E-state index in [0.29, 0.717) is 56.3 Å². The fourth-order valence-corrected chi connectivity index (χ4v) is 5.56. The molecule has 1 rings (SSSR count). The third-order valence-electron chi connectivity index (χ3n) is 8.23. The Morgan fingerprint density at radius 1 is 0.380 bits per heavy atom. The molecule has 0 atom stereocenters. The Morgan fingerprint density at radius 3 is 0.880 bits per heavy atom. The lowest BCUT2D eigenvalue weighted by molar-refractivity contribution is 0.0420. The van der Waals surface area contributed by atoms with Gasteiger partial charge in [-0.3, -0.25) is 0 Å². The lowest BCUT2D eigenvalue weighted by atomic mass is 9.85. The minimum Gasteiger partial charge on any atom is -0.478 e. The second-order valence-electron chi connectivity index (χ2n) is 14.0. The summed E-state index contributed by atoms with van der Waals surface area (Å²) in [5.41, 5.74) is -7.06. The van der Waals surface area contributed by atoms with Gasteiger partial charge in [0.1, 0.15) is 0 Å². The van der Waals surface area contributed by atoms with Gasteiger partial charge in [0.2, 0.25) is 0 Å². The largest absolute Gasteiger partial charge is 0.478 e. The molecule has 12 heteroatoms. The summed E-state index contributed by atoms with van der Waals surface area (Å²) in [6.45, 7) is 12.0. The van der Waals surface area contributed by atoms with Crippen LogP contribution in [0.1, 0.15) is 194 Å². The first-order valence-electron chi connectivity index (χ1n) is 18.1. The molecular formula is C38H58O12. The van der Waals surface area contributed by atoms with Crippen LogP contribution in [0.3, 0.4) is 0 Å². The molecule has 0 heterocycles. The topological polar surface area (TPSA) is 191 Å². The highest BCUT2D eigenvalue weighted by Crippen LogP contribution is 2.32. The zero-order valence-electron chi connectivity index (χ0n) is 30.8. The molecule has 282 valence electrons. The second-order valence-corrected chi connectivity index (χ2v) is 14.0. The number of ether oxygens (including phenoxy) is 3. The Balaban J connectivity index is 3.63. The van der Waals surface area contributed by atoms with Gasteiger partial charge in [0.05, 0.1) is 53.2 Å². The van der Waals surface area contributed by atoms with Gasteiger partial charge in [0.25, 0.3) is 0 Å². The maximum atomic E-state index is 13.7. The van der Waals surface area contributed by atoms with Crippen LogP contribution in [-0.2, 0) is 14.2 Å². The quantitative estimate of drug-likeness (QED) is 0.0472. The van der Waals surface area contributed by atoms with Crippen molar-refractivity contribution in [1.29, 1.82) is 0 Å². The van der Waals surface area contributed by atoms with Crippen molar-refractivity contribution in [3.8, 4) is 0 Å². The first-order chi connectivity index (χ1) is 23.6. The molecule has 0 saturated heterocycles. The maximum Gasteiger partial charge on any atom is 0.339 e. The molecule has 0 fully saturated rings. The van der Waals surface area contributed by atoms with Crippen molar-refractivity contribution in [2.75, 3.05) is 19.8 Å². The van der Waals surface area contributed by atoms with E-state index in [9.17, 15) is 44.1 Å². The van der Waals surface area contributed by atoms with Crippen molar-refractivity contribution in [1.82, 2.24) is 0 Å². The minimum absolute atomic E-state index is 0.182. The summed E-state index contributed by atoms with van der Waals surface area (Å²) in [7, 11) is 0. The molecule has 0 unspecified atom stereocenters. The lowest BCUT2D eigenvalue weighted by Crippen LogP contribution is -2.30. The average Bonchev–Trinajstić information content (AvgIpc) is 3.02. The molecule has 0 aromatic heterocycles. The molecule has 0 amide bonds. The van der Waals surface area contributed by atoms with Crippen LogP contribution in [0, 0.1) is 17.8 Å². The average molecular weight is 707 g/mol. The number of rotatable bonds is 26. The van der Waals surface area contributed by atoms with Crippen LogP contribution in [0.4, 0.5) is 0 Å². The number of carbonyl (C=O) groups is 6. The first kappa shape index (κ1) is 44.1. The highest BCUT2D eigenvalue weighted by Gasteiger charge is 2.42. The van der Waals surface area contributed by atoms with Crippen LogP contribution in [0.5, 0.6) is 0 Å². The van der Waals surface area contributed by atoms with Gasteiger partial charge in [-0.05, 0) is 37.0 Å². The van der Waals surface area contributed by atoms with Crippen molar-refractivity contribution >= 4 is 35.8 Å². The van der Waals surface area contributed by atoms with E-state index in [1.807, 2.05) is 0 Å². The smallest absolute Gasteiger partial charge is 0.339 e. The van der Waals surface area contributed by atoms with Crippen molar-refractivity contribution in [2.24, 2.45) is 17.8 Å². The van der Waals surface area contributed by atoms with E-state index in [4.69, 9.17) is 14.2 Å². The van der Waals surface area contributed by atoms with Crippen LogP contribution in [0.15, 0.2) is 0 Å². The lowest BCUT2D eigenvalue weighted by Gasteiger charge is -2.20. The van der Waals surface area contributed by atoms with Gasteiger partial charge in [0, 0.05) is 0 Å². The molecule has 0 aliphatic rings. The van der Waals surface area contributed by atoms with E-state index >= 15 is 0 Å². The van der Waals surface area contributed by atoms with E-state index in [-0.39, 0.29) is 19.8 Å². The van der Waals surface area contributed by atoms with Gasteiger partial charge in [-0.15, -0.1) is 0 Å². The van der Waals surface area contributed by atoms with Gasteiger partial charge in [-0.2, -0.15) is 0 Å². The Kier molecular flexibility index (Phi) is 20.7. The summed E-state index contributed by atoms with van der Waals surface area (Å²) in [6.07, 6.45) is 10.8. The molecule has 1 aromatic rings. The molecular weight excluding hydrogens is 648 g/mol. The molecule has 0 aliphatic carbocycles. The molecule has 0 spiro atoms. The first-order valence-corrected chi connectivity index (χ1v) is 18.1. The number of benzene rings is 1. The summed E-state index contributed by atoms with van der Waals surface area (Å²) in [5.74, 6) is -8.68. The summed E-state index contributed by atoms with van der Waals surface area (Å²) in [6, 6.07) is 0. The number of unbranched alkanes of at least 4 members (excludes halogenated alkanes) is 8. The number of aromatic carboxylic acids is 3. The van der Waals surface area contributed by atoms with Crippen LogP contribution in [0.2, 0.25) is 0 Å². The van der Waals surface area contributed by atoms with Crippen molar-refractivity contribution in [3.05, 3.63) is 33.4 Å². The van der Waals surface area contributed by atoms with Crippen molar-refractivity contribution in [2.45, 2.75) is 131 Å². The Hall–Kier alpha value is -3.96. The van der Waals surface area contributed by atoms with Gasteiger partial charge >= 0.3 is 35.8 Å². The van der Waals surface area contributed by atoms with E-state index in [1.165, 1.54) is 0 Å². The van der Waals surface area contributed by atoms with Gasteiger partial charge < -0.3 is 29.5 Å². The Labute approximate surface area is 296 Å². The minimum atomic E-state index is -2.04. The number of esters is 3. The third kappa shape index (κ3) is 15.3. The number of carbonyl (C=O) groups excluding carboxylic acids is 3. The number of hydrogen-bond donors (Lipinski definition) is 3. The normalized spacial score (nSPS) is 11.2. The molecule has 0 aliphatic heterocycles. The Morgan fingerprint density at radius 2 is 0.600 bits per heavy atom. The molecule has 3 N–H and O–H groups in total. The van der Waals surface area contributed by atoms with Crippen LogP contribution < -0.4 is 0 Å². The fourth-order valence-electron chi connectivity index (χ4n) is 5.56. The van der Waals surface area contributed by atoms with Gasteiger partial charge in [-0.1, -0.05) is 112 Å². The molecule has 0 bridgehead atoms. The second kappa shape index (κ2) is 23.4. The number of carboxylic acids is 3. The van der Waals surface area contributed by atoms with Crippen molar-refractivity contribution < 1.29 is 58.3 Å². The third-order valence-corrected chi connectivity index (χ3v) is 8.23. The predicted molar refractivity (Wildman–Crippen MR) is 187 cm³/mol. The van der Waals surface area contributed by atoms with Crippen molar-refractivity contribution in [3.63, 3.8) is 0 Å². The van der Waals surface area contributed by atoms with Crippen LogP contribution in [0.25, 0.3) is 0 Å². The van der Waals surface area contributed by atoms with E-state index in [0.717, 1.165) is 51.4 Å². The fraction of sp³-hybridized carbons (Fsp3) is 0.684. The summed E-state index contributed by atoms with van der Waals surface area (Å²) in [5, 5.41) is 30.4. The maximum absolute atomic E-state index is 13.7. The Bertz CT molecular complexity index is 1300. The predicted octanol–water partition coefficient (Wildman–Crippen LogP) is 8.68. The number of hydrogen-bond acceptors (Lipinski definition) is 9. The molecule has 50 heavy (non-hydrogen) atoms. The van der Waals surface area contributed by atoms with Crippen LogP contribution >= 0.6 is 0 Å². The highest BCUT2D eigenvalue weighted by atomic mass is 16.5. The van der Waals surface area contributed by atoms with E-state index in [1.54, 1.807) is 0 Å². The summed E-state index contributed by atoms with van der Waals surface area (Å²) >= 11 is 0. The highest BCUT2D eigenvalue weighted by molar-refractivity contribution is 6.23. The molecule has 1 aromatic carbocycles. The van der Waals surface area contributed by atoms with Gasteiger partial charge in [-0.25, -0.2) is 28.8 Å². The SMILES string of the molecule is CC(C)CCCCCCCOC(=O)c1c(C(=O)O)c(C(=O)O)c(C(=O)O)c(C(=O)OCCCCCC(C)C)c1C(=O)OCCCCCC(C)C. The summed E-state index contributed by atoms with van der Waals surface area (Å²) < 4.78 is 16.0. The zero-order valence-corrected chi connectivity index (χ0v) is 30.8. The van der Waals surface area contributed by atoms with Gasteiger partial charge in [0.15, 0.2) is 0 Å². The molecule has 0 radical (unpaired) electrons. The summed E-state index contributed by atoms with van der Waals surface area (Å²) in [4.78, 5) is 78.5. The molecule has 0 saturated carbocycles. The number of carboxylic acid groups (broad SMARTS) is 3. The monoisotopic (exact) mass is 706 g/mol.